The molecule has 7 aromatic rings. The molecule has 0 fully saturated rings. The Morgan fingerprint density at radius 3 is 0.756 bits per heavy atom. The Morgan fingerprint density at radius 2 is 0.489 bits per heavy atom. The first-order valence-electron chi connectivity index (χ1n) is 14.8. The number of phenolic OH excluding ortho intramolecular Hbond substituents is 3. The van der Waals surface area contributed by atoms with Gasteiger partial charge in [0, 0.05) is 16.7 Å². The van der Waals surface area contributed by atoms with Crippen LogP contribution in [0.25, 0.3) is 66.8 Å². The molecule has 45 heavy (non-hydrogen) atoms. The molecule has 0 amide bonds. The van der Waals surface area contributed by atoms with Gasteiger partial charge in [-0.05, 0) is 105 Å². The summed E-state index contributed by atoms with van der Waals surface area (Å²) < 4.78 is 0. The van der Waals surface area contributed by atoms with Gasteiger partial charge in [0.05, 0.1) is 0 Å². The zero-order valence-corrected chi connectivity index (χ0v) is 24.4. The van der Waals surface area contributed by atoms with Crippen molar-refractivity contribution in [1.82, 2.24) is 0 Å². The lowest BCUT2D eigenvalue weighted by Gasteiger charge is -2.15. The quantitative estimate of drug-likeness (QED) is 0.183. The third-order valence-electron chi connectivity index (χ3n) is 8.18. The van der Waals surface area contributed by atoms with Gasteiger partial charge in [0.2, 0.25) is 0 Å². The van der Waals surface area contributed by atoms with Crippen LogP contribution in [-0.2, 0) is 0 Å². The van der Waals surface area contributed by atoms with Crippen LogP contribution in [0.2, 0.25) is 0 Å². The van der Waals surface area contributed by atoms with E-state index in [0.717, 1.165) is 66.8 Å². The summed E-state index contributed by atoms with van der Waals surface area (Å²) in [5.74, 6) is 0.662. The Bertz CT molecular complexity index is 1860. The van der Waals surface area contributed by atoms with Crippen molar-refractivity contribution in [2.45, 2.75) is 0 Å². The maximum absolute atomic E-state index is 10.8. The van der Waals surface area contributed by atoms with Crippen molar-refractivity contribution in [2.24, 2.45) is 0 Å². The average Bonchev–Trinajstić information content (AvgIpc) is 3.10. The van der Waals surface area contributed by atoms with Crippen molar-refractivity contribution < 1.29 is 15.3 Å². The van der Waals surface area contributed by atoms with E-state index in [-0.39, 0.29) is 17.2 Å². The molecule has 0 unspecified atom stereocenters. The van der Waals surface area contributed by atoms with Crippen LogP contribution in [0.4, 0.5) is 0 Å². The Morgan fingerprint density at radius 1 is 0.222 bits per heavy atom. The second kappa shape index (κ2) is 11.9. The summed E-state index contributed by atoms with van der Waals surface area (Å²) in [7, 11) is 0. The lowest BCUT2D eigenvalue weighted by atomic mass is 9.90. The van der Waals surface area contributed by atoms with Gasteiger partial charge in [-0.15, -0.1) is 0 Å². The molecule has 0 spiro atoms. The number of hydrogen-bond donors (Lipinski definition) is 3. The highest BCUT2D eigenvalue weighted by atomic mass is 16.3. The summed E-state index contributed by atoms with van der Waals surface area (Å²) in [6.07, 6.45) is 0. The number of aromatic hydroxyl groups is 3. The highest BCUT2D eigenvalue weighted by Gasteiger charge is 2.14. The standard InChI is InChI=1S/C42H30O3/c43-40-19-16-31(25-37(40)28-10-4-1-5-11-28)34-22-35(32-17-20-41(44)38(26-32)29-12-6-2-7-13-29)24-36(23-34)33-18-21-42(45)39(27-33)30-14-8-3-9-15-30/h1-27,43-45H. The SMILES string of the molecule is Oc1ccc(-c2cc(-c3ccc(O)c(-c4ccccc4)c3)cc(-c3ccc(O)c(-c4ccccc4)c3)c2)cc1-c1ccccc1. The van der Waals surface area contributed by atoms with Gasteiger partial charge in [-0.25, -0.2) is 0 Å². The minimum absolute atomic E-state index is 0.221. The van der Waals surface area contributed by atoms with Crippen LogP contribution in [0, 0.1) is 0 Å². The predicted octanol–water partition coefficient (Wildman–Crippen LogP) is 10.8. The lowest BCUT2D eigenvalue weighted by Crippen LogP contribution is -1.89. The first-order chi connectivity index (χ1) is 22.0. The van der Waals surface area contributed by atoms with Crippen LogP contribution in [0.3, 0.4) is 0 Å². The van der Waals surface area contributed by atoms with Crippen LogP contribution >= 0.6 is 0 Å². The summed E-state index contributed by atoms with van der Waals surface area (Å²) in [6, 6.07) is 53.1. The summed E-state index contributed by atoms with van der Waals surface area (Å²) in [5, 5.41) is 32.3. The Labute approximate surface area is 262 Å². The summed E-state index contributed by atoms with van der Waals surface area (Å²) in [4.78, 5) is 0. The van der Waals surface area contributed by atoms with E-state index in [0.29, 0.717) is 0 Å². The maximum Gasteiger partial charge on any atom is 0.123 e. The second-order valence-electron chi connectivity index (χ2n) is 11.1. The fourth-order valence-electron chi connectivity index (χ4n) is 5.82. The molecule has 3 heteroatoms. The average molecular weight is 583 g/mol. The van der Waals surface area contributed by atoms with E-state index >= 15 is 0 Å². The predicted molar refractivity (Wildman–Crippen MR) is 184 cm³/mol. The van der Waals surface area contributed by atoms with Gasteiger partial charge >= 0.3 is 0 Å². The molecule has 0 aliphatic carbocycles. The van der Waals surface area contributed by atoms with Crippen molar-refractivity contribution in [3.05, 3.63) is 164 Å². The first kappa shape index (κ1) is 27.8. The van der Waals surface area contributed by atoms with Gasteiger partial charge in [0.1, 0.15) is 17.2 Å². The monoisotopic (exact) mass is 582 g/mol. The van der Waals surface area contributed by atoms with E-state index in [1.807, 2.05) is 127 Å². The number of phenols is 3. The number of benzene rings is 7. The van der Waals surface area contributed by atoms with E-state index in [1.54, 1.807) is 18.2 Å². The third kappa shape index (κ3) is 5.67. The van der Waals surface area contributed by atoms with Gasteiger partial charge in [-0.2, -0.15) is 0 Å². The Hall–Kier alpha value is -6.06. The first-order valence-corrected chi connectivity index (χ1v) is 14.8. The lowest BCUT2D eigenvalue weighted by molar-refractivity contribution is 0.477. The van der Waals surface area contributed by atoms with Crippen LogP contribution in [0.5, 0.6) is 17.2 Å². The molecule has 0 saturated carbocycles. The minimum Gasteiger partial charge on any atom is -0.507 e. The molecule has 0 aliphatic rings. The van der Waals surface area contributed by atoms with E-state index in [2.05, 4.69) is 18.2 Å². The van der Waals surface area contributed by atoms with Crippen LogP contribution < -0.4 is 0 Å². The van der Waals surface area contributed by atoms with Gasteiger partial charge in [0.15, 0.2) is 0 Å². The number of hydrogen-bond acceptors (Lipinski definition) is 3. The van der Waals surface area contributed by atoms with E-state index < -0.39 is 0 Å². The zero-order chi connectivity index (χ0) is 30.8. The molecule has 216 valence electrons. The van der Waals surface area contributed by atoms with Crippen molar-refractivity contribution in [3.63, 3.8) is 0 Å². The largest absolute Gasteiger partial charge is 0.507 e. The minimum atomic E-state index is 0.221. The van der Waals surface area contributed by atoms with E-state index in [1.165, 1.54) is 0 Å². The smallest absolute Gasteiger partial charge is 0.123 e. The highest BCUT2D eigenvalue weighted by molar-refractivity contribution is 5.87. The second-order valence-corrected chi connectivity index (χ2v) is 11.1. The Balaban J connectivity index is 1.42. The highest BCUT2D eigenvalue weighted by Crippen LogP contribution is 2.41. The van der Waals surface area contributed by atoms with Gasteiger partial charge in [-0.1, -0.05) is 109 Å². The van der Waals surface area contributed by atoms with Crippen LogP contribution in [0.1, 0.15) is 0 Å². The molecular weight excluding hydrogens is 552 g/mol. The van der Waals surface area contributed by atoms with Crippen LogP contribution in [0.15, 0.2) is 164 Å². The third-order valence-corrected chi connectivity index (χ3v) is 8.18. The molecule has 0 aliphatic heterocycles. The maximum atomic E-state index is 10.8. The van der Waals surface area contributed by atoms with Crippen molar-refractivity contribution in [1.29, 1.82) is 0 Å². The zero-order valence-electron chi connectivity index (χ0n) is 24.4. The molecule has 0 saturated heterocycles. The molecule has 7 rings (SSSR count). The van der Waals surface area contributed by atoms with Crippen molar-refractivity contribution in [3.8, 4) is 84.0 Å². The molecule has 7 aromatic carbocycles. The molecular formula is C42H30O3. The fourth-order valence-corrected chi connectivity index (χ4v) is 5.82. The Kier molecular flexibility index (Phi) is 7.34. The molecule has 0 aromatic heterocycles. The van der Waals surface area contributed by atoms with E-state index in [4.69, 9.17) is 0 Å². The van der Waals surface area contributed by atoms with Crippen molar-refractivity contribution in [2.75, 3.05) is 0 Å². The van der Waals surface area contributed by atoms with Crippen LogP contribution in [-0.4, -0.2) is 15.3 Å². The van der Waals surface area contributed by atoms with Gasteiger partial charge < -0.3 is 15.3 Å². The fraction of sp³-hybridized carbons (Fsp3) is 0. The molecule has 0 heterocycles. The summed E-state index contributed by atoms with van der Waals surface area (Å²) in [5.41, 5.74) is 10.9. The van der Waals surface area contributed by atoms with Gasteiger partial charge in [-0.3, -0.25) is 0 Å². The molecule has 3 N–H and O–H groups in total. The van der Waals surface area contributed by atoms with Crippen molar-refractivity contribution >= 4 is 0 Å². The van der Waals surface area contributed by atoms with E-state index in [9.17, 15) is 15.3 Å². The summed E-state index contributed by atoms with van der Waals surface area (Å²) >= 11 is 0. The molecule has 0 bridgehead atoms. The number of rotatable bonds is 6. The topological polar surface area (TPSA) is 60.7 Å². The summed E-state index contributed by atoms with van der Waals surface area (Å²) in [6.45, 7) is 0. The molecule has 3 nitrogen and oxygen atoms in total. The van der Waals surface area contributed by atoms with Gasteiger partial charge in [0.25, 0.3) is 0 Å². The molecule has 0 radical (unpaired) electrons. The molecule has 0 atom stereocenters. The normalized spacial score (nSPS) is 10.9.